The van der Waals surface area contributed by atoms with Gasteiger partial charge in [-0.15, -0.1) is 11.3 Å². The van der Waals surface area contributed by atoms with E-state index in [4.69, 9.17) is 0 Å². The molecule has 1 heteroatoms. The monoisotopic (exact) mass is 180 g/mol. The molecule has 0 saturated carbocycles. The zero-order chi connectivity index (χ0) is 8.39. The highest BCUT2D eigenvalue weighted by Crippen LogP contribution is 2.37. The highest BCUT2D eigenvalue weighted by molar-refractivity contribution is 7.10. The molecule has 0 spiro atoms. The van der Waals surface area contributed by atoms with Gasteiger partial charge in [0.1, 0.15) is 0 Å². The van der Waals surface area contributed by atoms with Crippen molar-refractivity contribution in [1.29, 1.82) is 0 Å². The molecule has 0 fully saturated rings. The van der Waals surface area contributed by atoms with Crippen LogP contribution in [0.2, 0.25) is 0 Å². The van der Waals surface area contributed by atoms with E-state index < -0.39 is 0 Å². The lowest BCUT2D eigenvalue weighted by molar-refractivity contribution is 0.520. The van der Waals surface area contributed by atoms with E-state index in [0.29, 0.717) is 0 Å². The maximum Gasteiger partial charge on any atom is 0.00800 e. The van der Waals surface area contributed by atoms with Crippen LogP contribution in [0.4, 0.5) is 0 Å². The Kier molecular flexibility index (Phi) is 2.50. The van der Waals surface area contributed by atoms with Crippen molar-refractivity contribution in [3.05, 3.63) is 21.9 Å². The van der Waals surface area contributed by atoms with Crippen LogP contribution in [-0.4, -0.2) is 0 Å². The molecule has 0 radical (unpaired) electrons. The average Bonchev–Trinajstić information content (AvgIpc) is 2.53. The zero-order valence-corrected chi connectivity index (χ0v) is 8.49. The number of rotatable bonds is 2. The van der Waals surface area contributed by atoms with Crippen molar-refractivity contribution in [2.45, 2.75) is 44.9 Å². The summed E-state index contributed by atoms with van der Waals surface area (Å²) in [5, 5.41) is 2.26. The maximum atomic E-state index is 2.35. The summed E-state index contributed by atoms with van der Waals surface area (Å²) in [6, 6.07) is 2.35. The first-order valence-electron chi connectivity index (χ1n) is 4.98. The van der Waals surface area contributed by atoms with E-state index in [1.54, 1.807) is 10.4 Å². The van der Waals surface area contributed by atoms with Gasteiger partial charge in [0, 0.05) is 4.88 Å². The van der Waals surface area contributed by atoms with E-state index in [1.807, 2.05) is 11.3 Å². The number of hydrogen-bond acceptors (Lipinski definition) is 1. The van der Waals surface area contributed by atoms with Crippen LogP contribution in [-0.2, 0) is 6.42 Å². The molecule has 0 bridgehead atoms. The summed E-state index contributed by atoms with van der Waals surface area (Å²) in [6.07, 6.45) is 6.91. The second-order valence-electron chi connectivity index (χ2n) is 3.68. The van der Waals surface area contributed by atoms with Crippen LogP contribution >= 0.6 is 11.3 Å². The predicted molar refractivity (Wildman–Crippen MR) is 54.9 cm³/mol. The fourth-order valence-corrected chi connectivity index (χ4v) is 3.24. The summed E-state index contributed by atoms with van der Waals surface area (Å²) in [4.78, 5) is 1.67. The third-order valence-electron chi connectivity index (χ3n) is 2.81. The highest BCUT2D eigenvalue weighted by atomic mass is 32.1. The van der Waals surface area contributed by atoms with Gasteiger partial charge in [-0.2, -0.15) is 0 Å². The Balaban J connectivity index is 2.19. The molecule has 0 aromatic carbocycles. The van der Waals surface area contributed by atoms with Crippen LogP contribution in [0.1, 0.15) is 49.0 Å². The number of thiophene rings is 1. The minimum absolute atomic E-state index is 0.894. The summed E-state index contributed by atoms with van der Waals surface area (Å²) in [5.74, 6) is 0.894. The molecule has 1 aliphatic carbocycles. The highest BCUT2D eigenvalue weighted by Gasteiger charge is 2.19. The van der Waals surface area contributed by atoms with E-state index in [0.717, 1.165) is 5.92 Å². The molecule has 1 atom stereocenters. The van der Waals surface area contributed by atoms with Crippen LogP contribution in [0.15, 0.2) is 11.4 Å². The fraction of sp³-hybridized carbons (Fsp3) is 0.636. The first-order chi connectivity index (χ1) is 5.92. The smallest absolute Gasteiger partial charge is 0.00800 e. The van der Waals surface area contributed by atoms with Crippen molar-refractivity contribution in [2.75, 3.05) is 0 Å². The van der Waals surface area contributed by atoms with Gasteiger partial charge in [-0.25, -0.2) is 0 Å². The number of aryl methyl sites for hydroxylation is 1. The van der Waals surface area contributed by atoms with E-state index in [-0.39, 0.29) is 0 Å². The van der Waals surface area contributed by atoms with E-state index in [1.165, 1.54) is 32.1 Å². The molecule has 0 saturated heterocycles. The van der Waals surface area contributed by atoms with E-state index >= 15 is 0 Å². The minimum atomic E-state index is 0.894. The first-order valence-corrected chi connectivity index (χ1v) is 5.86. The summed E-state index contributed by atoms with van der Waals surface area (Å²) in [6.45, 7) is 2.29. The van der Waals surface area contributed by atoms with Gasteiger partial charge < -0.3 is 0 Å². The Morgan fingerprint density at radius 3 is 3.33 bits per heavy atom. The second kappa shape index (κ2) is 3.61. The van der Waals surface area contributed by atoms with Crippen molar-refractivity contribution in [3.8, 4) is 0 Å². The lowest BCUT2D eigenvalue weighted by Gasteiger charge is -2.21. The van der Waals surface area contributed by atoms with Crippen molar-refractivity contribution in [3.63, 3.8) is 0 Å². The molecule has 12 heavy (non-hydrogen) atoms. The Morgan fingerprint density at radius 2 is 2.50 bits per heavy atom. The summed E-state index contributed by atoms with van der Waals surface area (Å²) < 4.78 is 0. The number of hydrogen-bond donors (Lipinski definition) is 0. The standard InChI is InChI=1S/C11H16S/c1-2-4-9-5-3-6-11-10(9)7-8-12-11/h7-9H,2-6H2,1H3/t9-/m1/s1. The lowest BCUT2D eigenvalue weighted by atomic mass is 9.85. The normalized spacial score (nSPS) is 22.2. The average molecular weight is 180 g/mol. The fourth-order valence-electron chi connectivity index (χ4n) is 2.23. The summed E-state index contributed by atoms with van der Waals surface area (Å²) >= 11 is 1.95. The molecular weight excluding hydrogens is 164 g/mol. The van der Waals surface area contributed by atoms with Gasteiger partial charge in [0.2, 0.25) is 0 Å². The molecule has 66 valence electrons. The van der Waals surface area contributed by atoms with Crippen molar-refractivity contribution in [2.24, 2.45) is 0 Å². The van der Waals surface area contributed by atoms with E-state index in [9.17, 15) is 0 Å². The molecule has 1 aromatic heterocycles. The van der Waals surface area contributed by atoms with Crippen molar-refractivity contribution in [1.82, 2.24) is 0 Å². The predicted octanol–water partition coefficient (Wildman–Crippen LogP) is 3.97. The molecule has 0 N–H and O–H groups in total. The van der Waals surface area contributed by atoms with Gasteiger partial charge in [-0.1, -0.05) is 13.3 Å². The Bertz CT molecular complexity index is 249. The topological polar surface area (TPSA) is 0 Å². The molecule has 2 rings (SSSR count). The third kappa shape index (κ3) is 1.42. The van der Waals surface area contributed by atoms with Crippen LogP contribution in [0, 0.1) is 0 Å². The molecule has 1 aromatic rings. The van der Waals surface area contributed by atoms with Gasteiger partial charge in [-0.3, -0.25) is 0 Å². The molecule has 1 heterocycles. The first kappa shape index (κ1) is 8.31. The van der Waals surface area contributed by atoms with Crippen LogP contribution in [0.5, 0.6) is 0 Å². The van der Waals surface area contributed by atoms with Crippen LogP contribution in [0.3, 0.4) is 0 Å². The van der Waals surface area contributed by atoms with Crippen LogP contribution in [0.25, 0.3) is 0 Å². The SMILES string of the molecule is CCC[C@@H]1CCCc2sccc21. The Hall–Kier alpha value is -0.300. The molecule has 0 nitrogen and oxygen atoms in total. The van der Waals surface area contributed by atoms with Gasteiger partial charge in [0.25, 0.3) is 0 Å². The second-order valence-corrected chi connectivity index (χ2v) is 4.68. The quantitative estimate of drug-likeness (QED) is 0.646. The molecular formula is C11H16S. The van der Waals surface area contributed by atoms with Crippen molar-refractivity contribution < 1.29 is 0 Å². The molecule has 0 aliphatic heterocycles. The largest absolute Gasteiger partial charge is 0.149 e. The number of fused-ring (bicyclic) bond motifs is 1. The van der Waals surface area contributed by atoms with Gasteiger partial charge in [-0.05, 0) is 48.6 Å². The van der Waals surface area contributed by atoms with Crippen LogP contribution < -0.4 is 0 Å². The van der Waals surface area contributed by atoms with Crippen molar-refractivity contribution >= 4 is 11.3 Å². The minimum Gasteiger partial charge on any atom is -0.149 e. The molecule has 1 aliphatic rings. The van der Waals surface area contributed by atoms with Gasteiger partial charge in [0.15, 0.2) is 0 Å². The summed E-state index contributed by atoms with van der Waals surface area (Å²) in [5.41, 5.74) is 1.67. The van der Waals surface area contributed by atoms with E-state index in [2.05, 4.69) is 18.4 Å². The van der Waals surface area contributed by atoms with Gasteiger partial charge >= 0.3 is 0 Å². The third-order valence-corrected chi connectivity index (χ3v) is 3.81. The molecule has 0 amide bonds. The van der Waals surface area contributed by atoms with Gasteiger partial charge in [0.05, 0.1) is 0 Å². The summed E-state index contributed by atoms with van der Waals surface area (Å²) in [7, 11) is 0. The maximum absolute atomic E-state index is 2.35. The zero-order valence-electron chi connectivity index (χ0n) is 7.68. The Labute approximate surface area is 78.6 Å². The lowest BCUT2D eigenvalue weighted by Crippen LogP contribution is -2.06. The Morgan fingerprint density at radius 1 is 1.58 bits per heavy atom. The molecule has 0 unspecified atom stereocenters.